The molecule has 0 radical (unpaired) electrons. The average Bonchev–Trinajstić information content (AvgIpc) is 2.42. The number of carbonyl (C=O) groups is 1. The van der Waals surface area contributed by atoms with E-state index in [0.717, 1.165) is 11.3 Å². The van der Waals surface area contributed by atoms with Crippen LogP contribution in [-0.4, -0.2) is 18.1 Å². The minimum absolute atomic E-state index is 0.135. The second-order valence-corrected chi connectivity index (χ2v) is 4.49. The van der Waals surface area contributed by atoms with Crippen molar-refractivity contribution in [1.29, 1.82) is 0 Å². The number of benzene rings is 2. The van der Waals surface area contributed by atoms with Crippen molar-refractivity contribution in [2.45, 2.75) is 13.0 Å². The van der Waals surface area contributed by atoms with Gasteiger partial charge in [0.25, 0.3) is 0 Å². The molecule has 0 aliphatic heterocycles. The smallest absolute Gasteiger partial charge is 0.228 e. The Kier molecular flexibility index (Phi) is 4.74. The fraction of sp³-hybridized carbons (Fsp3) is 0.188. The molecule has 0 saturated heterocycles. The SMILES string of the molecule is COCc1cccc(NC(=O)Cc2ccccc2O)c1. The second-order valence-electron chi connectivity index (χ2n) is 4.49. The van der Waals surface area contributed by atoms with Crippen molar-refractivity contribution in [1.82, 2.24) is 0 Å². The minimum atomic E-state index is -0.166. The van der Waals surface area contributed by atoms with Crippen LogP contribution in [0, 0.1) is 0 Å². The van der Waals surface area contributed by atoms with Crippen LogP contribution in [0.1, 0.15) is 11.1 Å². The Labute approximate surface area is 118 Å². The maximum absolute atomic E-state index is 11.9. The Morgan fingerprint density at radius 2 is 2.00 bits per heavy atom. The fourth-order valence-corrected chi connectivity index (χ4v) is 1.94. The molecule has 2 N–H and O–H groups in total. The lowest BCUT2D eigenvalue weighted by molar-refractivity contribution is -0.115. The molecule has 0 fully saturated rings. The van der Waals surface area contributed by atoms with Crippen molar-refractivity contribution in [3.05, 3.63) is 59.7 Å². The third kappa shape index (κ3) is 3.83. The number of rotatable bonds is 5. The molecule has 4 nitrogen and oxygen atoms in total. The van der Waals surface area contributed by atoms with Crippen LogP contribution in [0.3, 0.4) is 0 Å². The maximum atomic E-state index is 11.9. The highest BCUT2D eigenvalue weighted by Gasteiger charge is 2.07. The van der Waals surface area contributed by atoms with Gasteiger partial charge in [0, 0.05) is 18.4 Å². The first-order valence-corrected chi connectivity index (χ1v) is 6.33. The Bertz CT molecular complexity index is 596. The van der Waals surface area contributed by atoms with Crippen LogP contribution >= 0.6 is 0 Å². The molecule has 0 aliphatic carbocycles. The van der Waals surface area contributed by atoms with Gasteiger partial charge in [0.1, 0.15) is 5.75 Å². The number of ether oxygens (including phenoxy) is 1. The number of para-hydroxylation sites is 1. The van der Waals surface area contributed by atoms with Crippen molar-refractivity contribution < 1.29 is 14.6 Å². The van der Waals surface area contributed by atoms with E-state index < -0.39 is 0 Å². The summed E-state index contributed by atoms with van der Waals surface area (Å²) in [5.74, 6) is -0.0307. The summed E-state index contributed by atoms with van der Waals surface area (Å²) in [6, 6.07) is 14.3. The molecule has 2 aromatic rings. The number of amides is 1. The minimum Gasteiger partial charge on any atom is -0.508 e. The summed E-state index contributed by atoms with van der Waals surface area (Å²) < 4.78 is 5.05. The number of nitrogens with one attached hydrogen (secondary N) is 1. The van der Waals surface area contributed by atoms with Crippen molar-refractivity contribution in [3.8, 4) is 5.75 Å². The molecule has 0 heterocycles. The normalized spacial score (nSPS) is 10.2. The molecule has 2 rings (SSSR count). The first-order chi connectivity index (χ1) is 9.69. The van der Waals surface area contributed by atoms with Gasteiger partial charge < -0.3 is 15.2 Å². The van der Waals surface area contributed by atoms with Gasteiger partial charge in [-0.25, -0.2) is 0 Å². The summed E-state index contributed by atoms with van der Waals surface area (Å²) in [6.07, 6.45) is 0.140. The zero-order chi connectivity index (χ0) is 14.4. The molecule has 1 amide bonds. The van der Waals surface area contributed by atoms with Gasteiger partial charge in [-0.15, -0.1) is 0 Å². The molecule has 0 spiro atoms. The molecule has 0 atom stereocenters. The van der Waals surface area contributed by atoms with E-state index in [4.69, 9.17) is 4.74 Å². The Hall–Kier alpha value is -2.33. The van der Waals surface area contributed by atoms with Crippen LogP contribution in [0.4, 0.5) is 5.69 Å². The molecular formula is C16H17NO3. The van der Waals surface area contributed by atoms with E-state index in [-0.39, 0.29) is 18.1 Å². The first-order valence-electron chi connectivity index (χ1n) is 6.33. The predicted molar refractivity (Wildman–Crippen MR) is 77.6 cm³/mol. The third-order valence-corrected chi connectivity index (χ3v) is 2.86. The van der Waals surface area contributed by atoms with Gasteiger partial charge in [-0.3, -0.25) is 4.79 Å². The lowest BCUT2D eigenvalue weighted by Crippen LogP contribution is -2.14. The van der Waals surface area contributed by atoms with E-state index in [2.05, 4.69) is 5.32 Å². The number of aromatic hydroxyl groups is 1. The molecule has 0 aromatic heterocycles. The molecule has 104 valence electrons. The lowest BCUT2D eigenvalue weighted by Gasteiger charge is -2.08. The molecule has 20 heavy (non-hydrogen) atoms. The Balaban J connectivity index is 2.01. The molecule has 4 heteroatoms. The lowest BCUT2D eigenvalue weighted by atomic mass is 10.1. The highest BCUT2D eigenvalue weighted by Crippen LogP contribution is 2.17. The van der Waals surface area contributed by atoms with Gasteiger partial charge in [-0.05, 0) is 23.8 Å². The largest absolute Gasteiger partial charge is 0.508 e. The van der Waals surface area contributed by atoms with E-state index in [0.29, 0.717) is 12.2 Å². The summed E-state index contributed by atoms with van der Waals surface area (Å²) in [7, 11) is 1.63. The highest BCUT2D eigenvalue weighted by molar-refractivity contribution is 5.92. The van der Waals surface area contributed by atoms with E-state index in [9.17, 15) is 9.90 Å². The summed E-state index contributed by atoms with van der Waals surface area (Å²) >= 11 is 0. The second kappa shape index (κ2) is 6.73. The van der Waals surface area contributed by atoms with Gasteiger partial charge in [0.15, 0.2) is 0 Å². The summed E-state index contributed by atoms with van der Waals surface area (Å²) in [5, 5.41) is 12.5. The summed E-state index contributed by atoms with van der Waals surface area (Å²) in [5.41, 5.74) is 2.32. The Morgan fingerprint density at radius 1 is 1.20 bits per heavy atom. The standard InChI is InChI=1S/C16H17NO3/c1-20-11-12-5-4-7-14(9-12)17-16(19)10-13-6-2-3-8-15(13)18/h2-9,18H,10-11H2,1H3,(H,17,19). The Morgan fingerprint density at radius 3 is 2.75 bits per heavy atom. The number of carbonyl (C=O) groups excluding carboxylic acids is 1. The quantitative estimate of drug-likeness (QED) is 0.879. The van der Waals surface area contributed by atoms with E-state index in [1.807, 2.05) is 24.3 Å². The van der Waals surface area contributed by atoms with Gasteiger partial charge >= 0.3 is 0 Å². The van der Waals surface area contributed by atoms with Gasteiger partial charge in [-0.2, -0.15) is 0 Å². The maximum Gasteiger partial charge on any atom is 0.228 e. The molecule has 0 unspecified atom stereocenters. The fourth-order valence-electron chi connectivity index (χ4n) is 1.94. The van der Waals surface area contributed by atoms with Gasteiger partial charge in [0.2, 0.25) is 5.91 Å². The number of phenolic OH excluding ortho intramolecular Hbond substituents is 1. The molecule has 0 bridgehead atoms. The number of hydrogen-bond donors (Lipinski definition) is 2. The summed E-state index contributed by atoms with van der Waals surface area (Å²) in [6.45, 7) is 0.503. The zero-order valence-corrected chi connectivity index (χ0v) is 11.3. The number of anilines is 1. The molecule has 0 saturated carbocycles. The monoisotopic (exact) mass is 271 g/mol. The topological polar surface area (TPSA) is 58.6 Å². The highest BCUT2D eigenvalue weighted by atomic mass is 16.5. The van der Waals surface area contributed by atoms with Crippen LogP contribution in [0.25, 0.3) is 0 Å². The van der Waals surface area contributed by atoms with Gasteiger partial charge in [0.05, 0.1) is 13.0 Å². The number of methoxy groups -OCH3 is 1. The van der Waals surface area contributed by atoms with E-state index in [1.165, 1.54) is 0 Å². The average molecular weight is 271 g/mol. The van der Waals surface area contributed by atoms with E-state index >= 15 is 0 Å². The number of hydrogen-bond acceptors (Lipinski definition) is 3. The summed E-state index contributed by atoms with van der Waals surface area (Å²) in [4.78, 5) is 11.9. The van der Waals surface area contributed by atoms with Crippen LogP contribution in [0.5, 0.6) is 5.75 Å². The van der Waals surface area contributed by atoms with Crippen molar-refractivity contribution >= 4 is 11.6 Å². The van der Waals surface area contributed by atoms with Crippen molar-refractivity contribution in [3.63, 3.8) is 0 Å². The van der Waals surface area contributed by atoms with Crippen LogP contribution in [0.15, 0.2) is 48.5 Å². The van der Waals surface area contributed by atoms with E-state index in [1.54, 1.807) is 31.4 Å². The molecule has 0 aliphatic rings. The van der Waals surface area contributed by atoms with Crippen LogP contribution in [0.2, 0.25) is 0 Å². The van der Waals surface area contributed by atoms with Crippen molar-refractivity contribution in [2.24, 2.45) is 0 Å². The molecule has 2 aromatic carbocycles. The van der Waals surface area contributed by atoms with Crippen LogP contribution in [-0.2, 0) is 22.6 Å². The third-order valence-electron chi connectivity index (χ3n) is 2.86. The van der Waals surface area contributed by atoms with Gasteiger partial charge in [-0.1, -0.05) is 30.3 Å². The zero-order valence-electron chi connectivity index (χ0n) is 11.3. The number of phenols is 1. The first kappa shape index (κ1) is 14.1. The molecular weight excluding hydrogens is 254 g/mol. The van der Waals surface area contributed by atoms with Crippen LogP contribution < -0.4 is 5.32 Å². The predicted octanol–water partition coefficient (Wildman–Crippen LogP) is 2.72. The van der Waals surface area contributed by atoms with Crippen molar-refractivity contribution in [2.75, 3.05) is 12.4 Å².